The first-order valence-electron chi connectivity index (χ1n) is 7.10. The summed E-state index contributed by atoms with van der Waals surface area (Å²) in [5.41, 5.74) is 2.49. The number of carbonyl (C=O) groups excluding carboxylic acids is 2. The summed E-state index contributed by atoms with van der Waals surface area (Å²) in [5.74, 6) is 0.910. The van der Waals surface area contributed by atoms with Crippen LogP contribution in [0.4, 0.5) is 0 Å². The number of hydrogen-bond donors (Lipinski definition) is 0. The summed E-state index contributed by atoms with van der Waals surface area (Å²) in [5, 5.41) is 0. The molecule has 0 saturated carbocycles. The molecule has 2 aliphatic rings. The summed E-state index contributed by atoms with van der Waals surface area (Å²) in [6, 6.07) is 7.01. The number of aryl methyl sites for hydroxylation is 1. The lowest BCUT2D eigenvalue weighted by Crippen LogP contribution is -2.20. The van der Waals surface area contributed by atoms with Crippen LogP contribution in [0.15, 0.2) is 28.7 Å². The molecule has 0 N–H and O–H groups in total. The van der Waals surface area contributed by atoms with Crippen molar-refractivity contribution in [2.45, 2.75) is 32.1 Å². The average Bonchev–Trinajstić information content (AvgIpc) is 2.68. The molecule has 1 aromatic carbocycles. The summed E-state index contributed by atoms with van der Waals surface area (Å²) in [4.78, 5) is 25.2. The van der Waals surface area contributed by atoms with Crippen LogP contribution in [0.1, 0.15) is 62.6 Å². The molecule has 100 valence electrons. The molecule has 1 aromatic heterocycles. The van der Waals surface area contributed by atoms with Crippen molar-refractivity contribution in [3.8, 4) is 0 Å². The van der Waals surface area contributed by atoms with Gasteiger partial charge in [0.05, 0.1) is 5.56 Å². The number of furan rings is 1. The molecule has 2 aliphatic carbocycles. The molecular formula is C17H14O3. The molecular weight excluding hydrogens is 252 g/mol. The molecule has 3 heteroatoms. The van der Waals surface area contributed by atoms with Crippen LogP contribution in [0.3, 0.4) is 0 Å². The SMILES string of the molecule is O=C1c2ccccc2C(=O)c2c1oc1c2CCCCC1. The van der Waals surface area contributed by atoms with Crippen molar-refractivity contribution in [3.05, 3.63) is 58.0 Å². The van der Waals surface area contributed by atoms with Crippen molar-refractivity contribution in [2.75, 3.05) is 0 Å². The normalized spacial score (nSPS) is 17.2. The van der Waals surface area contributed by atoms with Crippen molar-refractivity contribution in [3.63, 3.8) is 0 Å². The Morgan fingerprint density at radius 3 is 2.35 bits per heavy atom. The summed E-state index contributed by atoms with van der Waals surface area (Å²) < 4.78 is 5.78. The van der Waals surface area contributed by atoms with E-state index in [1.807, 2.05) is 0 Å². The van der Waals surface area contributed by atoms with Crippen LogP contribution in [0.25, 0.3) is 0 Å². The molecule has 0 aliphatic heterocycles. The Labute approximate surface area is 116 Å². The van der Waals surface area contributed by atoms with Crippen LogP contribution >= 0.6 is 0 Å². The molecule has 0 radical (unpaired) electrons. The van der Waals surface area contributed by atoms with Crippen molar-refractivity contribution in [2.24, 2.45) is 0 Å². The topological polar surface area (TPSA) is 47.3 Å². The van der Waals surface area contributed by atoms with E-state index in [0.29, 0.717) is 16.7 Å². The molecule has 0 fully saturated rings. The maximum Gasteiger partial charge on any atom is 0.229 e. The van der Waals surface area contributed by atoms with Crippen molar-refractivity contribution in [1.82, 2.24) is 0 Å². The first-order chi connectivity index (χ1) is 9.77. The zero-order valence-electron chi connectivity index (χ0n) is 11.1. The molecule has 0 unspecified atom stereocenters. The number of carbonyl (C=O) groups is 2. The quantitative estimate of drug-likeness (QED) is 0.586. The Bertz CT molecular complexity index is 737. The zero-order valence-corrected chi connectivity index (χ0v) is 11.1. The van der Waals surface area contributed by atoms with Crippen molar-refractivity contribution >= 4 is 11.6 Å². The Balaban J connectivity index is 1.97. The molecule has 0 spiro atoms. The summed E-state index contributed by atoms with van der Waals surface area (Å²) in [7, 11) is 0. The summed E-state index contributed by atoms with van der Waals surface area (Å²) in [6.45, 7) is 0. The Hall–Kier alpha value is -2.16. The van der Waals surface area contributed by atoms with Gasteiger partial charge in [-0.25, -0.2) is 0 Å². The Morgan fingerprint density at radius 1 is 0.850 bits per heavy atom. The minimum atomic E-state index is -0.150. The molecule has 0 amide bonds. The second-order valence-corrected chi connectivity index (χ2v) is 5.47. The second kappa shape index (κ2) is 4.17. The van der Waals surface area contributed by atoms with Gasteiger partial charge in [-0.15, -0.1) is 0 Å². The number of hydrogen-bond acceptors (Lipinski definition) is 3. The molecule has 0 saturated heterocycles. The highest BCUT2D eigenvalue weighted by molar-refractivity contribution is 6.28. The van der Waals surface area contributed by atoms with Crippen LogP contribution in [-0.2, 0) is 12.8 Å². The smallest absolute Gasteiger partial charge is 0.229 e. The molecule has 2 aromatic rings. The number of benzene rings is 1. The van der Waals surface area contributed by atoms with Crippen LogP contribution in [0.2, 0.25) is 0 Å². The van der Waals surface area contributed by atoms with E-state index in [0.717, 1.165) is 43.4 Å². The second-order valence-electron chi connectivity index (χ2n) is 5.47. The number of ketones is 2. The molecule has 4 rings (SSSR count). The van der Waals surface area contributed by atoms with Gasteiger partial charge < -0.3 is 4.42 Å². The first-order valence-corrected chi connectivity index (χ1v) is 7.10. The fourth-order valence-corrected chi connectivity index (χ4v) is 3.28. The molecule has 0 bridgehead atoms. The van der Waals surface area contributed by atoms with Gasteiger partial charge in [-0.1, -0.05) is 30.7 Å². The highest BCUT2D eigenvalue weighted by Gasteiger charge is 2.36. The third-order valence-corrected chi connectivity index (χ3v) is 4.27. The van der Waals surface area contributed by atoms with Crippen molar-refractivity contribution in [1.29, 1.82) is 0 Å². The molecule has 20 heavy (non-hydrogen) atoms. The lowest BCUT2D eigenvalue weighted by Gasteiger charge is -2.13. The Kier molecular flexibility index (Phi) is 2.43. The van der Waals surface area contributed by atoms with E-state index in [1.54, 1.807) is 24.3 Å². The third-order valence-electron chi connectivity index (χ3n) is 4.27. The van der Waals surface area contributed by atoms with Gasteiger partial charge in [0.1, 0.15) is 5.76 Å². The summed E-state index contributed by atoms with van der Waals surface area (Å²) in [6.07, 6.45) is 4.95. The van der Waals surface area contributed by atoms with Gasteiger partial charge in [0.2, 0.25) is 5.78 Å². The lowest BCUT2D eigenvalue weighted by atomic mass is 9.86. The maximum atomic E-state index is 12.7. The zero-order chi connectivity index (χ0) is 13.7. The van der Waals surface area contributed by atoms with Crippen LogP contribution in [0.5, 0.6) is 0 Å². The predicted molar refractivity (Wildman–Crippen MR) is 73.3 cm³/mol. The monoisotopic (exact) mass is 266 g/mol. The fourth-order valence-electron chi connectivity index (χ4n) is 3.28. The van der Waals surface area contributed by atoms with Gasteiger partial charge >= 0.3 is 0 Å². The highest BCUT2D eigenvalue weighted by Crippen LogP contribution is 2.36. The van der Waals surface area contributed by atoms with Gasteiger partial charge in [0.15, 0.2) is 11.5 Å². The summed E-state index contributed by atoms with van der Waals surface area (Å²) >= 11 is 0. The minimum absolute atomic E-state index is 0.0536. The van der Waals surface area contributed by atoms with E-state index in [2.05, 4.69) is 0 Å². The number of fused-ring (bicyclic) bond motifs is 4. The fraction of sp³-hybridized carbons (Fsp3) is 0.294. The Morgan fingerprint density at radius 2 is 1.55 bits per heavy atom. The van der Waals surface area contributed by atoms with Gasteiger partial charge in [0.25, 0.3) is 0 Å². The van der Waals surface area contributed by atoms with Gasteiger partial charge in [-0.05, 0) is 19.3 Å². The van der Waals surface area contributed by atoms with Crippen molar-refractivity contribution < 1.29 is 14.0 Å². The van der Waals surface area contributed by atoms with E-state index in [1.165, 1.54) is 0 Å². The largest absolute Gasteiger partial charge is 0.456 e. The minimum Gasteiger partial charge on any atom is -0.456 e. The maximum absolute atomic E-state index is 12.7. The van der Waals surface area contributed by atoms with E-state index < -0.39 is 0 Å². The molecule has 3 nitrogen and oxygen atoms in total. The lowest BCUT2D eigenvalue weighted by molar-refractivity contribution is 0.0959. The van der Waals surface area contributed by atoms with Crippen LogP contribution in [-0.4, -0.2) is 11.6 Å². The standard InChI is InChI=1S/C17H14O3/c18-15-10-6-4-5-7-11(10)16(19)17-14(15)12-8-2-1-3-9-13(12)20-17/h4-7H,1-3,8-9H2. The highest BCUT2D eigenvalue weighted by atomic mass is 16.4. The van der Waals surface area contributed by atoms with Gasteiger partial charge in [-0.2, -0.15) is 0 Å². The average molecular weight is 266 g/mol. The van der Waals surface area contributed by atoms with E-state index in [4.69, 9.17) is 4.42 Å². The third kappa shape index (κ3) is 1.46. The van der Waals surface area contributed by atoms with E-state index in [-0.39, 0.29) is 17.3 Å². The van der Waals surface area contributed by atoms with Gasteiger partial charge in [-0.3, -0.25) is 9.59 Å². The van der Waals surface area contributed by atoms with Crippen LogP contribution in [0, 0.1) is 0 Å². The van der Waals surface area contributed by atoms with E-state index >= 15 is 0 Å². The molecule has 1 heterocycles. The first kappa shape index (κ1) is 11.6. The van der Waals surface area contributed by atoms with Gasteiger partial charge in [0, 0.05) is 23.1 Å². The predicted octanol–water partition coefficient (Wildman–Crippen LogP) is 3.32. The van der Waals surface area contributed by atoms with Crippen LogP contribution < -0.4 is 0 Å². The number of rotatable bonds is 0. The van der Waals surface area contributed by atoms with E-state index in [9.17, 15) is 9.59 Å². The molecule has 0 atom stereocenters.